The van der Waals surface area contributed by atoms with Crippen molar-refractivity contribution in [2.45, 2.75) is 70.8 Å². The Kier molecular flexibility index (Phi) is 4.21. The Morgan fingerprint density at radius 3 is 2.52 bits per heavy atom. The first kappa shape index (κ1) is 18.3. The lowest BCUT2D eigenvalue weighted by atomic mass is 9.65. The van der Waals surface area contributed by atoms with E-state index in [1.54, 1.807) is 0 Å². The number of hydrogen-bond acceptors (Lipinski definition) is 4. The van der Waals surface area contributed by atoms with Crippen molar-refractivity contribution in [1.82, 2.24) is 9.97 Å². The largest absolute Gasteiger partial charge is 0.493 e. The van der Waals surface area contributed by atoms with Crippen LogP contribution in [0.1, 0.15) is 76.8 Å². The van der Waals surface area contributed by atoms with Gasteiger partial charge in [0.05, 0.1) is 5.56 Å². The summed E-state index contributed by atoms with van der Waals surface area (Å²) in [6, 6.07) is 10.2. The van der Waals surface area contributed by atoms with Crippen LogP contribution in [0.25, 0.3) is 0 Å². The van der Waals surface area contributed by atoms with Crippen LogP contribution in [0.4, 0.5) is 0 Å². The van der Waals surface area contributed by atoms with Crippen LogP contribution >= 0.6 is 0 Å². The number of rotatable bonds is 2. The minimum Gasteiger partial charge on any atom is -0.493 e. The molecule has 1 saturated carbocycles. The lowest BCUT2D eigenvalue weighted by Crippen LogP contribution is -2.47. The highest BCUT2D eigenvalue weighted by Gasteiger charge is 2.48. The molecule has 0 bridgehead atoms. The van der Waals surface area contributed by atoms with Gasteiger partial charge >= 0.3 is 0 Å². The van der Waals surface area contributed by atoms with Crippen LogP contribution in [0.3, 0.4) is 0 Å². The smallest absolute Gasteiger partial charge is 0.224 e. The van der Waals surface area contributed by atoms with E-state index in [4.69, 9.17) is 9.72 Å². The summed E-state index contributed by atoms with van der Waals surface area (Å²) < 4.78 is 6.37. The summed E-state index contributed by atoms with van der Waals surface area (Å²) in [5, 5.41) is 10.9. The van der Waals surface area contributed by atoms with Crippen molar-refractivity contribution in [3.05, 3.63) is 47.3 Å². The molecule has 2 aromatic rings. The maximum atomic E-state index is 10.9. The third-order valence-electron chi connectivity index (χ3n) is 6.68. The van der Waals surface area contributed by atoms with Gasteiger partial charge in [0.1, 0.15) is 11.4 Å². The van der Waals surface area contributed by atoms with Crippen LogP contribution in [0.15, 0.2) is 30.3 Å². The van der Waals surface area contributed by atoms with Gasteiger partial charge in [0.2, 0.25) is 11.8 Å². The zero-order chi connectivity index (χ0) is 19.4. The molecule has 4 rings (SSSR count). The second-order valence-corrected chi connectivity index (χ2v) is 9.42. The monoisotopic (exact) mass is 366 g/mol. The van der Waals surface area contributed by atoms with Crippen molar-refractivity contribution in [3.63, 3.8) is 0 Å². The molecule has 0 amide bonds. The van der Waals surface area contributed by atoms with E-state index in [0.717, 1.165) is 24.0 Å². The normalized spacial score (nSPS) is 26.6. The molecule has 1 aliphatic heterocycles. The second kappa shape index (κ2) is 6.22. The molecule has 1 unspecified atom stereocenters. The first-order chi connectivity index (χ1) is 12.7. The summed E-state index contributed by atoms with van der Waals surface area (Å²) in [5.74, 6) is 2.57. The highest BCUT2D eigenvalue weighted by atomic mass is 16.5. The molecule has 0 saturated heterocycles. The average molecular weight is 367 g/mol. The molecule has 1 fully saturated rings. The Bertz CT molecular complexity index is 845. The molecule has 4 nitrogen and oxygen atoms in total. The fraction of sp³-hybridized carbons (Fsp3) is 0.565. The molecule has 1 aromatic carbocycles. The zero-order valence-electron chi connectivity index (χ0n) is 17.0. The summed E-state index contributed by atoms with van der Waals surface area (Å²) in [5.41, 5.74) is 1.23. The van der Waals surface area contributed by atoms with E-state index in [1.165, 1.54) is 6.42 Å². The maximum Gasteiger partial charge on any atom is 0.224 e. The number of ether oxygens (including phenoxy) is 1. The summed E-state index contributed by atoms with van der Waals surface area (Å²) in [6.45, 7) is 10.8. The lowest BCUT2D eigenvalue weighted by Gasteiger charge is -2.48. The number of fused-ring (bicyclic) bond motifs is 3. The van der Waals surface area contributed by atoms with Gasteiger partial charge in [0.25, 0.3) is 0 Å². The molecular formula is C23H30N2O2. The van der Waals surface area contributed by atoms with Crippen molar-refractivity contribution in [2.75, 3.05) is 0 Å². The highest BCUT2D eigenvalue weighted by Crippen LogP contribution is 2.54. The van der Waals surface area contributed by atoms with Gasteiger partial charge in [-0.25, -0.2) is 0 Å². The minimum atomic E-state index is -0.419. The topological polar surface area (TPSA) is 55.2 Å². The van der Waals surface area contributed by atoms with E-state index in [0.29, 0.717) is 23.5 Å². The van der Waals surface area contributed by atoms with Gasteiger partial charge in [-0.1, -0.05) is 43.7 Å². The average Bonchev–Trinajstić information content (AvgIpc) is 2.61. The fourth-order valence-corrected chi connectivity index (χ4v) is 4.96. The van der Waals surface area contributed by atoms with E-state index in [1.807, 2.05) is 18.2 Å². The van der Waals surface area contributed by atoms with E-state index in [-0.39, 0.29) is 17.4 Å². The van der Waals surface area contributed by atoms with E-state index < -0.39 is 5.41 Å². The molecule has 27 heavy (non-hydrogen) atoms. The van der Waals surface area contributed by atoms with Gasteiger partial charge in [-0.2, -0.15) is 9.97 Å². The second-order valence-electron chi connectivity index (χ2n) is 9.42. The van der Waals surface area contributed by atoms with Crippen LogP contribution in [0.2, 0.25) is 0 Å². The Labute approximate surface area is 162 Å². The molecule has 4 heteroatoms. The first-order valence-electron chi connectivity index (χ1n) is 10.1. The molecule has 2 heterocycles. The zero-order valence-corrected chi connectivity index (χ0v) is 17.0. The minimum absolute atomic E-state index is 0.0959. The maximum absolute atomic E-state index is 10.9. The molecule has 1 N–H and O–H groups in total. The van der Waals surface area contributed by atoms with Crippen molar-refractivity contribution >= 4 is 0 Å². The highest BCUT2D eigenvalue weighted by molar-refractivity contribution is 5.44. The Morgan fingerprint density at radius 2 is 1.81 bits per heavy atom. The van der Waals surface area contributed by atoms with E-state index in [2.05, 4.69) is 51.7 Å². The van der Waals surface area contributed by atoms with Gasteiger partial charge < -0.3 is 9.84 Å². The molecule has 2 aliphatic rings. The quantitative estimate of drug-likeness (QED) is 0.794. The predicted molar refractivity (Wildman–Crippen MR) is 106 cm³/mol. The van der Waals surface area contributed by atoms with Crippen LogP contribution in [0.5, 0.6) is 11.8 Å². The molecule has 3 atom stereocenters. The van der Waals surface area contributed by atoms with E-state index >= 15 is 0 Å². The van der Waals surface area contributed by atoms with Crippen LogP contribution in [-0.4, -0.2) is 20.7 Å². The van der Waals surface area contributed by atoms with Gasteiger partial charge in [-0.05, 0) is 52.0 Å². The first-order valence-corrected chi connectivity index (χ1v) is 10.1. The predicted octanol–water partition coefficient (Wildman–Crippen LogP) is 5.20. The van der Waals surface area contributed by atoms with Crippen molar-refractivity contribution in [2.24, 2.45) is 11.8 Å². The van der Waals surface area contributed by atoms with E-state index in [9.17, 15) is 5.11 Å². The van der Waals surface area contributed by atoms with Gasteiger partial charge in [-0.15, -0.1) is 0 Å². The molecular weight excluding hydrogens is 336 g/mol. The summed E-state index contributed by atoms with van der Waals surface area (Å²) in [7, 11) is 0. The number of benzene rings is 1. The standard InChI is InChI=1S/C23H30N2O2/c1-14-11-12-17-16(13-14)18-19(26)24-21(25-20(18)27-23(17,4)5)22(2,3)15-9-7-6-8-10-15/h6-10,14,16-17H,11-13H2,1-5H3,(H,24,25,26)/t14-,16-,17?/m1/s1. The fourth-order valence-electron chi connectivity index (χ4n) is 4.96. The third-order valence-corrected chi connectivity index (χ3v) is 6.68. The van der Waals surface area contributed by atoms with Crippen LogP contribution < -0.4 is 4.74 Å². The number of hydrogen-bond donors (Lipinski definition) is 1. The van der Waals surface area contributed by atoms with Crippen molar-refractivity contribution < 1.29 is 9.84 Å². The molecule has 144 valence electrons. The summed E-state index contributed by atoms with van der Waals surface area (Å²) in [6.07, 6.45) is 3.39. The Morgan fingerprint density at radius 1 is 1.11 bits per heavy atom. The van der Waals surface area contributed by atoms with Crippen molar-refractivity contribution in [1.29, 1.82) is 0 Å². The Balaban J connectivity index is 1.82. The third kappa shape index (κ3) is 2.99. The number of aromatic nitrogens is 2. The number of nitrogens with zero attached hydrogens (tertiary/aromatic N) is 2. The van der Waals surface area contributed by atoms with Crippen LogP contribution in [-0.2, 0) is 5.41 Å². The number of aromatic hydroxyl groups is 1. The molecule has 0 radical (unpaired) electrons. The summed E-state index contributed by atoms with van der Waals surface area (Å²) >= 11 is 0. The van der Waals surface area contributed by atoms with Crippen LogP contribution in [0, 0.1) is 11.8 Å². The lowest BCUT2D eigenvalue weighted by molar-refractivity contribution is -0.0194. The van der Waals surface area contributed by atoms with Gasteiger partial charge in [0, 0.05) is 17.3 Å². The van der Waals surface area contributed by atoms with Gasteiger partial charge in [-0.3, -0.25) is 0 Å². The summed E-state index contributed by atoms with van der Waals surface area (Å²) in [4.78, 5) is 9.40. The molecule has 1 aromatic heterocycles. The van der Waals surface area contributed by atoms with Gasteiger partial charge in [0.15, 0.2) is 0 Å². The Hall–Kier alpha value is -2.10. The van der Waals surface area contributed by atoms with Crippen molar-refractivity contribution in [3.8, 4) is 11.8 Å². The SMILES string of the molecule is C[C@@H]1CCC2[C@@H](C1)c1c(O)nc(C(C)(C)c3ccccc3)nc1OC2(C)C. The molecule has 1 aliphatic carbocycles. The molecule has 0 spiro atoms.